The highest BCUT2D eigenvalue weighted by Gasteiger charge is 2.16. The molecule has 0 atom stereocenters. The molecular weight excluding hydrogens is 246 g/mol. The van der Waals surface area contributed by atoms with E-state index in [1.54, 1.807) is 11.0 Å². The Morgan fingerprint density at radius 2 is 2.16 bits per heavy atom. The summed E-state index contributed by atoms with van der Waals surface area (Å²) in [6, 6.07) is 1.56. The fourth-order valence-electron chi connectivity index (χ4n) is 1.68. The molecule has 1 N–H and O–H groups in total. The fourth-order valence-corrected chi connectivity index (χ4v) is 1.68. The molecule has 0 spiro atoms. The molecule has 19 heavy (non-hydrogen) atoms. The van der Waals surface area contributed by atoms with Crippen LogP contribution in [0.3, 0.4) is 0 Å². The quantitative estimate of drug-likeness (QED) is 0.782. The van der Waals surface area contributed by atoms with Crippen LogP contribution in [-0.4, -0.2) is 35.0 Å². The SMILES string of the molecule is CCCCC(=O)N(CCC)CC(=O)Nc1ccon1. The van der Waals surface area contributed by atoms with Crippen molar-refractivity contribution in [1.29, 1.82) is 0 Å². The van der Waals surface area contributed by atoms with Crippen LogP contribution >= 0.6 is 0 Å². The summed E-state index contributed by atoms with van der Waals surface area (Å²) in [5, 5.41) is 6.18. The van der Waals surface area contributed by atoms with Gasteiger partial charge in [-0.15, -0.1) is 0 Å². The fraction of sp³-hybridized carbons (Fsp3) is 0.615. The molecule has 0 radical (unpaired) electrons. The molecule has 106 valence electrons. The molecule has 0 aliphatic heterocycles. The van der Waals surface area contributed by atoms with Gasteiger partial charge in [0.15, 0.2) is 5.82 Å². The minimum absolute atomic E-state index is 0.0269. The number of aromatic nitrogens is 1. The first-order valence-corrected chi connectivity index (χ1v) is 6.65. The average Bonchev–Trinajstić information content (AvgIpc) is 2.88. The van der Waals surface area contributed by atoms with Gasteiger partial charge in [0, 0.05) is 19.0 Å². The van der Waals surface area contributed by atoms with Crippen LogP contribution in [0.5, 0.6) is 0 Å². The number of carbonyl (C=O) groups is 2. The van der Waals surface area contributed by atoms with Crippen molar-refractivity contribution in [1.82, 2.24) is 10.1 Å². The highest BCUT2D eigenvalue weighted by molar-refractivity contribution is 5.93. The molecule has 6 heteroatoms. The third-order valence-corrected chi connectivity index (χ3v) is 2.63. The van der Waals surface area contributed by atoms with Crippen molar-refractivity contribution in [2.24, 2.45) is 0 Å². The van der Waals surface area contributed by atoms with Gasteiger partial charge in [0.05, 0.1) is 6.54 Å². The van der Waals surface area contributed by atoms with E-state index in [2.05, 4.69) is 15.0 Å². The molecule has 0 bridgehead atoms. The van der Waals surface area contributed by atoms with Gasteiger partial charge in [-0.2, -0.15) is 0 Å². The lowest BCUT2D eigenvalue weighted by Crippen LogP contribution is -2.38. The summed E-state index contributed by atoms with van der Waals surface area (Å²) in [7, 11) is 0. The number of nitrogens with zero attached hydrogens (tertiary/aromatic N) is 2. The maximum atomic E-state index is 11.9. The van der Waals surface area contributed by atoms with E-state index in [1.165, 1.54) is 6.26 Å². The van der Waals surface area contributed by atoms with Gasteiger partial charge >= 0.3 is 0 Å². The molecule has 0 aliphatic carbocycles. The van der Waals surface area contributed by atoms with Crippen molar-refractivity contribution in [3.05, 3.63) is 12.3 Å². The molecule has 0 saturated carbocycles. The lowest BCUT2D eigenvalue weighted by Gasteiger charge is -2.21. The van der Waals surface area contributed by atoms with E-state index in [0.717, 1.165) is 19.3 Å². The summed E-state index contributed by atoms with van der Waals surface area (Å²) in [6.07, 6.45) is 4.52. The second kappa shape index (κ2) is 8.29. The Balaban J connectivity index is 2.47. The van der Waals surface area contributed by atoms with Crippen LogP contribution in [0.1, 0.15) is 39.5 Å². The summed E-state index contributed by atoms with van der Waals surface area (Å²) in [6.45, 7) is 4.67. The zero-order chi connectivity index (χ0) is 14.1. The summed E-state index contributed by atoms with van der Waals surface area (Å²) >= 11 is 0. The molecule has 1 heterocycles. The smallest absolute Gasteiger partial charge is 0.245 e. The number of carbonyl (C=O) groups excluding carboxylic acids is 2. The maximum Gasteiger partial charge on any atom is 0.245 e. The Morgan fingerprint density at radius 1 is 1.37 bits per heavy atom. The predicted molar refractivity (Wildman–Crippen MR) is 71.5 cm³/mol. The molecule has 6 nitrogen and oxygen atoms in total. The predicted octanol–water partition coefficient (Wildman–Crippen LogP) is 2.04. The van der Waals surface area contributed by atoms with Gasteiger partial charge in [-0.3, -0.25) is 9.59 Å². The van der Waals surface area contributed by atoms with E-state index in [9.17, 15) is 9.59 Å². The highest BCUT2D eigenvalue weighted by Crippen LogP contribution is 2.04. The average molecular weight is 267 g/mol. The number of nitrogens with one attached hydrogen (secondary N) is 1. The molecular formula is C13H21N3O3. The molecule has 1 aromatic rings. The molecule has 0 unspecified atom stereocenters. The lowest BCUT2D eigenvalue weighted by atomic mass is 10.2. The molecule has 0 fully saturated rings. The summed E-state index contributed by atoms with van der Waals surface area (Å²) in [5.74, 6) is 0.133. The number of amides is 2. The van der Waals surface area contributed by atoms with Gasteiger partial charge in [0.1, 0.15) is 6.26 Å². The molecule has 0 saturated heterocycles. The van der Waals surface area contributed by atoms with E-state index in [0.29, 0.717) is 18.8 Å². The second-order valence-electron chi connectivity index (χ2n) is 4.35. The first-order chi connectivity index (χ1) is 9.17. The summed E-state index contributed by atoms with van der Waals surface area (Å²) < 4.78 is 4.62. The first kappa shape index (κ1) is 15.2. The second-order valence-corrected chi connectivity index (χ2v) is 4.35. The van der Waals surface area contributed by atoms with E-state index >= 15 is 0 Å². The molecule has 1 rings (SSSR count). The van der Waals surface area contributed by atoms with Crippen LogP contribution in [0.4, 0.5) is 5.82 Å². The van der Waals surface area contributed by atoms with Crippen molar-refractivity contribution < 1.29 is 14.1 Å². The largest absolute Gasteiger partial charge is 0.363 e. The maximum absolute atomic E-state index is 11.9. The number of unbranched alkanes of at least 4 members (excludes halogenated alkanes) is 1. The van der Waals surface area contributed by atoms with Crippen LogP contribution in [-0.2, 0) is 9.59 Å². The third-order valence-electron chi connectivity index (χ3n) is 2.63. The van der Waals surface area contributed by atoms with Crippen molar-refractivity contribution >= 4 is 17.6 Å². The summed E-state index contributed by atoms with van der Waals surface area (Å²) in [4.78, 5) is 25.3. The minimum atomic E-state index is -0.257. The normalized spacial score (nSPS) is 10.2. The first-order valence-electron chi connectivity index (χ1n) is 6.65. The zero-order valence-electron chi connectivity index (χ0n) is 11.5. The third kappa shape index (κ3) is 5.54. The molecule has 2 amide bonds. The van der Waals surface area contributed by atoms with Gasteiger partial charge in [-0.25, -0.2) is 0 Å². The van der Waals surface area contributed by atoms with Crippen LogP contribution < -0.4 is 5.32 Å². The van der Waals surface area contributed by atoms with Crippen molar-refractivity contribution in [3.63, 3.8) is 0 Å². The Labute approximate surface area is 113 Å². The molecule has 0 aromatic carbocycles. The van der Waals surface area contributed by atoms with E-state index < -0.39 is 0 Å². The van der Waals surface area contributed by atoms with Gasteiger partial charge in [-0.05, 0) is 12.8 Å². The Kier molecular flexibility index (Phi) is 6.63. The van der Waals surface area contributed by atoms with Crippen molar-refractivity contribution in [2.75, 3.05) is 18.4 Å². The number of hydrogen-bond donors (Lipinski definition) is 1. The Bertz CT molecular complexity index is 390. The number of anilines is 1. The number of hydrogen-bond acceptors (Lipinski definition) is 4. The van der Waals surface area contributed by atoms with E-state index in [1.807, 2.05) is 13.8 Å². The van der Waals surface area contributed by atoms with Gasteiger partial charge in [0.2, 0.25) is 11.8 Å². The van der Waals surface area contributed by atoms with Crippen LogP contribution in [0.15, 0.2) is 16.9 Å². The topological polar surface area (TPSA) is 75.4 Å². The number of rotatable bonds is 8. The monoisotopic (exact) mass is 267 g/mol. The Hall–Kier alpha value is -1.85. The van der Waals surface area contributed by atoms with Crippen LogP contribution in [0.2, 0.25) is 0 Å². The summed E-state index contributed by atoms with van der Waals surface area (Å²) in [5.41, 5.74) is 0. The van der Waals surface area contributed by atoms with E-state index in [-0.39, 0.29) is 18.4 Å². The zero-order valence-corrected chi connectivity index (χ0v) is 11.5. The van der Waals surface area contributed by atoms with Gasteiger partial charge in [0.25, 0.3) is 0 Å². The highest BCUT2D eigenvalue weighted by atomic mass is 16.5. The lowest BCUT2D eigenvalue weighted by molar-refractivity contribution is -0.134. The molecule has 0 aliphatic rings. The van der Waals surface area contributed by atoms with E-state index in [4.69, 9.17) is 0 Å². The van der Waals surface area contributed by atoms with Crippen LogP contribution in [0.25, 0.3) is 0 Å². The standard InChI is InChI=1S/C13H21N3O3/c1-3-5-6-13(18)16(8-4-2)10-12(17)14-11-7-9-19-15-11/h7,9H,3-6,8,10H2,1-2H3,(H,14,15,17). The Morgan fingerprint density at radius 3 is 2.74 bits per heavy atom. The van der Waals surface area contributed by atoms with Crippen molar-refractivity contribution in [3.8, 4) is 0 Å². The van der Waals surface area contributed by atoms with Gasteiger partial charge in [-0.1, -0.05) is 25.4 Å². The minimum Gasteiger partial charge on any atom is -0.363 e. The van der Waals surface area contributed by atoms with Crippen LogP contribution in [0, 0.1) is 0 Å². The molecule has 1 aromatic heterocycles. The van der Waals surface area contributed by atoms with Gasteiger partial charge < -0.3 is 14.7 Å². The van der Waals surface area contributed by atoms with Crippen molar-refractivity contribution in [2.45, 2.75) is 39.5 Å².